The van der Waals surface area contributed by atoms with Crippen LogP contribution in [0, 0.1) is 5.92 Å². The minimum absolute atomic E-state index is 0.157. The van der Waals surface area contributed by atoms with E-state index in [4.69, 9.17) is 0 Å². The average molecular weight is 137 g/mol. The number of Topliss-reactive ketones (excluding diaryl/α,β-unsaturated/α-hetero) is 1. The van der Waals surface area contributed by atoms with Crippen LogP contribution in [0.15, 0.2) is 12.2 Å². The van der Waals surface area contributed by atoms with Gasteiger partial charge in [0.25, 0.3) is 0 Å². The number of hydrogen-bond donors (Lipinski definition) is 1. The molecule has 10 heavy (non-hydrogen) atoms. The summed E-state index contributed by atoms with van der Waals surface area (Å²) in [6.45, 7) is 1.01. The Labute approximate surface area is 60.3 Å². The van der Waals surface area contributed by atoms with Crippen LogP contribution in [0.1, 0.15) is 12.8 Å². The van der Waals surface area contributed by atoms with E-state index in [1.165, 1.54) is 0 Å². The molecule has 2 rings (SSSR count). The molecular weight excluding hydrogens is 126 g/mol. The highest BCUT2D eigenvalue weighted by atomic mass is 16.1. The molecule has 1 N–H and O–H groups in total. The first-order valence-electron chi connectivity index (χ1n) is 3.81. The van der Waals surface area contributed by atoms with E-state index in [-0.39, 0.29) is 6.04 Å². The maximum absolute atomic E-state index is 11.2. The zero-order valence-corrected chi connectivity index (χ0v) is 5.84. The zero-order valence-electron chi connectivity index (χ0n) is 5.84. The smallest absolute Gasteiger partial charge is 0.154 e. The molecule has 0 aromatic heterocycles. The van der Waals surface area contributed by atoms with Crippen molar-refractivity contribution in [1.29, 1.82) is 0 Å². The van der Waals surface area contributed by atoms with Crippen molar-refractivity contribution in [2.24, 2.45) is 5.92 Å². The van der Waals surface area contributed by atoms with Crippen molar-refractivity contribution in [2.75, 3.05) is 6.54 Å². The summed E-state index contributed by atoms with van der Waals surface area (Å²) in [7, 11) is 0. The summed E-state index contributed by atoms with van der Waals surface area (Å²) >= 11 is 0. The van der Waals surface area contributed by atoms with Gasteiger partial charge in [-0.25, -0.2) is 0 Å². The molecule has 2 atom stereocenters. The molecule has 1 aliphatic heterocycles. The second-order valence-electron chi connectivity index (χ2n) is 2.98. The normalized spacial score (nSPS) is 38.2. The molecule has 0 amide bonds. The monoisotopic (exact) mass is 137 g/mol. The molecular formula is C8H11NO. The van der Waals surface area contributed by atoms with Crippen molar-refractivity contribution in [2.45, 2.75) is 18.9 Å². The highest BCUT2D eigenvalue weighted by Gasteiger charge is 2.31. The molecule has 2 heteroatoms. The van der Waals surface area contributed by atoms with Gasteiger partial charge in [-0.1, -0.05) is 12.2 Å². The number of fused-ring (bicyclic) bond motifs is 1. The Morgan fingerprint density at radius 3 is 3.30 bits per heavy atom. The summed E-state index contributed by atoms with van der Waals surface area (Å²) in [6, 6.07) is 0.157. The standard InChI is InChI=1S/C8H11NO/c10-7-3-1-2-6-4-5-9-8(6)7/h1-2,6,8-9H,3-5H2. The quantitative estimate of drug-likeness (QED) is 0.492. The molecule has 0 saturated carbocycles. The Bertz CT molecular complexity index is 186. The molecule has 2 unspecified atom stereocenters. The van der Waals surface area contributed by atoms with Crippen molar-refractivity contribution in [3.05, 3.63) is 12.2 Å². The van der Waals surface area contributed by atoms with Gasteiger partial charge < -0.3 is 5.32 Å². The Hall–Kier alpha value is -0.630. The Balaban J connectivity index is 2.22. The lowest BCUT2D eigenvalue weighted by atomic mass is 9.90. The van der Waals surface area contributed by atoms with Gasteiger partial charge in [0, 0.05) is 12.3 Å². The molecule has 0 bridgehead atoms. The SMILES string of the molecule is O=C1CC=CC2CCNC12. The fourth-order valence-corrected chi connectivity index (χ4v) is 1.77. The van der Waals surface area contributed by atoms with Gasteiger partial charge >= 0.3 is 0 Å². The van der Waals surface area contributed by atoms with Crippen LogP contribution in [0.25, 0.3) is 0 Å². The Morgan fingerprint density at radius 2 is 2.50 bits per heavy atom. The van der Waals surface area contributed by atoms with Crippen LogP contribution < -0.4 is 5.32 Å². The second-order valence-corrected chi connectivity index (χ2v) is 2.98. The van der Waals surface area contributed by atoms with E-state index in [1.807, 2.05) is 6.08 Å². The lowest BCUT2D eigenvalue weighted by Crippen LogP contribution is -2.36. The zero-order chi connectivity index (χ0) is 6.97. The van der Waals surface area contributed by atoms with Crippen LogP contribution in [0.2, 0.25) is 0 Å². The number of ketones is 1. The van der Waals surface area contributed by atoms with E-state index < -0.39 is 0 Å². The van der Waals surface area contributed by atoms with E-state index in [1.54, 1.807) is 0 Å². The summed E-state index contributed by atoms with van der Waals surface area (Å²) in [5.74, 6) is 0.867. The van der Waals surface area contributed by atoms with Crippen LogP contribution in [0.4, 0.5) is 0 Å². The number of rotatable bonds is 0. The first kappa shape index (κ1) is 6.10. The van der Waals surface area contributed by atoms with E-state index in [0.29, 0.717) is 18.1 Å². The first-order chi connectivity index (χ1) is 4.88. The van der Waals surface area contributed by atoms with Gasteiger partial charge in [-0.2, -0.15) is 0 Å². The van der Waals surface area contributed by atoms with Crippen molar-refractivity contribution >= 4 is 5.78 Å². The van der Waals surface area contributed by atoms with Crippen molar-refractivity contribution in [3.63, 3.8) is 0 Å². The molecule has 2 aliphatic rings. The largest absolute Gasteiger partial charge is 0.307 e. The fourth-order valence-electron chi connectivity index (χ4n) is 1.77. The Kier molecular flexibility index (Phi) is 1.34. The minimum Gasteiger partial charge on any atom is -0.307 e. The third-order valence-electron chi connectivity index (χ3n) is 2.32. The van der Waals surface area contributed by atoms with Crippen molar-refractivity contribution < 1.29 is 4.79 Å². The molecule has 1 aliphatic carbocycles. The predicted molar refractivity (Wildman–Crippen MR) is 38.7 cm³/mol. The van der Waals surface area contributed by atoms with Gasteiger partial charge in [-0.3, -0.25) is 4.79 Å². The van der Waals surface area contributed by atoms with Crippen LogP contribution >= 0.6 is 0 Å². The first-order valence-corrected chi connectivity index (χ1v) is 3.81. The molecule has 1 heterocycles. The van der Waals surface area contributed by atoms with Crippen LogP contribution in [-0.4, -0.2) is 18.4 Å². The summed E-state index contributed by atoms with van der Waals surface area (Å²) in [5.41, 5.74) is 0. The molecule has 1 fully saturated rings. The molecule has 1 saturated heterocycles. The molecule has 54 valence electrons. The lowest BCUT2D eigenvalue weighted by molar-refractivity contribution is -0.120. The third-order valence-corrected chi connectivity index (χ3v) is 2.32. The maximum Gasteiger partial charge on any atom is 0.154 e. The summed E-state index contributed by atoms with van der Waals surface area (Å²) in [4.78, 5) is 11.2. The van der Waals surface area contributed by atoms with Gasteiger partial charge in [-0.05, 0) is 13.0 Å². The number of allylic oxidation sites excluding steroid dienone is 1. The highest BCUT2D eigenvalue weighted by molar-refractivity contribution is 5.87. The van der Waals surface area contributed by atoms with E-state index in [9.17, 15) is 4.79 Å². The number of carbonyl (C=O) groups is 1. The van der Waals surface area contributed by atoms with Gasteiger partial charge in [0.2, 0.25) is 0 Å². The van der Waals surface area contributed by atoms with E-state index in [0.717, 1.165) is 13.0 Å². The van der Waals surface area contributed by atoms with E-state index in [2.05, 4.69) is 11.4 Å². The highest BCUT2D eigenvalue weighted by Crippen LogP contribution is 2.22. The predicted octanol–water partition coefficient (Wildman–Crippen LogP) is 0.493. The van der Waals surface area contributed by atoms with Crippen LogP contribution in [-0.2, 0) is 4.79 Å². The number of carbonyl (C=O) groups excluding carboxylic acids is 1. The topological polar surface area (TPSA) is 29.1 Å². The van der Waals surface area contributed by atoms with Gasteiger partial charge in [-0.15, -0.1) is 0 Å². The molecule has 0 spiro atoms. The average Bonchev–Trinajstić information content (AvgIpc) is 2.36. The molecule has 0 aromatic rings. The molecule has 0 aromatic carbocycles. The lowest BCUT2D eigenvalue weighted by Gasteiger charge is -2.17. The third kappa shape index (κ3) is 0.797. The molecule has 2 nitrogen and oxygen atoms in total. The fraction of sp³-hybridized carbons (Fsp3) is 0.625. The van der Waals surface area contributed by atoms with Gasteiger partial charge in [0.15, 0.2) is 5.78 Å². The summed E-state index contributed by atoms with van der Waals surface area (Å²) < 4.78 is 0. The molecule has 0 radical (unpaired) electrons. The summed E-state index contributed by atoms with van der Waals surface area (Å²) in [6.07, 6.45) is 5.93. The van der Waals surface area contributed by atoms with E-state index >= 15 is 0 Å². The number of hydrogen-bond acceptors (Lipinski definition) is 2. The summed E-state index contributed by atoms with van der Waals surface area (Å²) in [5, 5.41) is 3.21. The maximum atomic E-state index is 11.2. The second kappa shape index (κ2) is 2.20. The minimum atomic E-state index is 0.157. The van der Waals surface area contributed by atoms with Crippen molar-refractivity contribution in [1.82, 2.24) is 5.32 Å². The van der Waals surface area contributed by atoms with Crippen LogP contribution in [0.3, 0.4) is 0 Å². The van der Waals surface area contributed by atoms with Gasteiger partial charge in [0.1, 0.15) is 0 Å². The van der Waals surface area contributed by atoms with Gasteiger partial charge in [0.05, 0.1) is 6.04 Å². The van der Waals surface area contributed by atoms with Crippen LogP contribution in [0.5, 0.6) is 0 Å². The Morgan fingerprint density at radius 1 is 1.60 bits per heavy atom. The van der Waals surface area contributed by atoms with Crippen molar-refractivity contribution in [3.8, 4) is 0 Å². The number of nitrogens with one attached hydrogen (secondary N) is 1.